The van der Waals surface area contributed by atoms with E-state index in [0.29, 0.717) is 17.4 Å². The second-order valence-electron chi connectivity index (χ2n) is 12.3. The number of fused-ring (bicyclic) bond motifs is 1. The van der Waals surface area contributed by atoms with Gasteiger partial charge < -0.3 is 19.7 Å². The first-order valence-electron chi connectivity index (χ1n) is 14.1. The third-order valence-corrected chi connectivity index (χ3v) is 7.00. The fourth-order valence-corrected chi connectivity index (χ4v) is 4.94. The number of hydrogen-bond acceptors (Lipinski definition) is 5. The van der Waals surface area contributed by atoms with E-state index < -0.39 is 5.41 Å². The van der Waals surface area contributed by atoms with Crippen molar-refractivity contribution >= 4 is 34.4 Å². The highest BCUT2D eigenvalue weighted by Gasteiger charge is 2.35. The summed E-state index contributed by atoms with van der Waals surface area (Å²) in [4.78, 5) is 34.7. The summed E-state index contributed by atoms with van der Waals surface area (Å²) in [6.07, 6.45) is 0.958. The van der Waals surface area contributed by atoms with Crippen LogP contribution in [-0.4, -0.2) is 64.8 Å². The van der Waals surface area contributed by atoms with Crippen LogP contribution in [0.15, 0.2) is 42.5 Å². The molecule has 0 aliphatic heterocycles. The van der Waals surface area contributed by atoms with E-state index in [2.05, 4.69) is 62.6 Å². The summed E-state index contributed by atoms with van der Waals surface area (Å²) in [7, 11) is 4.15. The Kier molecular flexibility index (Phi) is 9.94. The van der Waals surface area contributed by atoms with E-state index in [1.54, 1.807) is 6.92 Å². The van der Waals surface area contributed by atoms with Crippen molar-refractivity contribution in [3.05, 3.63) is 53.6 Å². The maximum absolute atomic E-state index is 13.9. The van der Waals surface area contributed by atoms with Crippen LogP contribution in [-0.2, 0) is 16.8 Å². The number of amides is 1. The lowest BCUT2D eigenvalue weighted by Gasteiger charge is -2.34. The number of imidazole rings is 1. The van der Waals surface area contributed by atoms with Crippen LogP contribution in [0.25, 0.3) is 11.0 Å². The monoisotopic (exact) mass is 533 g/mol. The molecule has 2 aromatic carbocycles. The lowest BCUT2D eigenvalue weighted by atomic mass is 9.82. The van der Waals surface area contributed by atoms with Gasteiger partial charge in [-0.3, -0.25) is 9.59 Å². The van der Waals surface area contributed by atoms with E-state index >= 15 is 0 Å². The lowest BCUT2D eigenvalue weighted by Crippen LogP contribution is -2.46. The number of rotatable bonds is 13. The fourth-order valence-electron chi connectivity index (χ4n) is 4.94. The molecule has 0 saturated heterocycles. The van der Waals surface area contributed by atoms with Gasteiger partial charge in [-0.2, -0.15) is 0 Å². The van der Waals surface area contributed by atoms with Gasteiger partial charge in [0, 0.05) is 30.9 Å². The maximum atomic E-state index is 13.9. The second kappa shape index (κ2) is 12.8. The van der Waals surface area contributed by atoms with Crippen LogP contribution < -0.4 is 5.32 Å². The van der Waals surface area contributed by atoms with Crippen molar-refractivity contribution in [2.24, 2.45) is 11.8 Å². The Labute approximate surface area is 234 Å². The number of ketones is 1. The number of carbonyl (C=O) groups is 2. The predicted octanol–water partition coefficient (Wildman–Crippen LogP) is 6.35. The molecule has 0 unspecified atom stereocenters. The Bertz CT molecular complexity index is 1260. The van der Waals surface area contributed by atoms with Crippen LogP contribution in [0.3, 0.4) is 0 Å². The molecule has 3 aromatic rings. The highest BCUT2D eigenvalue weighted by molar-refractivity contribution is 5.94. The molecular formula is C32H47N5O2. The summed E-state index contributed by atoms with van der Waals surface area (Å²) in [5.74, 6) is 1.76. The van der Waals surface area contributed by atoms with Crippen LogP contribution in [0.5, 0.6) is 0 Å². The predicted molar refractivity (Wildman–Crippen MR) is 162 cm³/mol. The fraction of sp³-hybridized carbons (Fsp3) is 0.531. The smallest absolute Gasteiger partial charge is 0.232 e. The molecule has 7 heteroatoms. The van der Waals surface area contributed by atoms with E-state index in [1.165, 1.54) is 0 Å². The molecule has 0 atom stereocenters. The number of nitrogens with zero attached hydrogens (tertiary/aromatic N) is 4. The second-order valence-corrected chi connectivity index (χ2v) is 12.3. The number of Topliss-reactive ketones (excluding diaryl/α,β-unsaturated/α-hetero) is 1. The SMILES string of the molecule is CC(=O)c1ccc(Nc2nc3ccc(C(C)(C)C(=O)N(CC(C)C)CC(C)C)cc3n2CCCN(C)C)cc1. The van der Waals surface area contributed by atoms with Gasteiger partial charge >= 0.3 is 0 Å². The number of nitrogens with one attached hydrogen (secondary N) is 1. The van der Waals surface area contributed by atoms with Crippen LogP contribution in [0.2, 0.25) is 0 Å². The summed E-state index contributed by atoms with van der Waals surface area (Å²) in [6, 6.07) is 13.7. The van der Waals surface area contributed by atoms with Crippen molar-refractivity contribution < 1.29 is 9.59 Å². The molecule has 7 nitrogen and oxygen atoms in total. The summed E-state index contributed by atoms with van der Waals surface area (Å²) >= 11 is 0. The van der Waals surface area contributed by atoms with E-state index in [4.69, 9.17) is 4.98 Å². The third kappa shape index (κ3) is 7.69. The Morgan fingerprint density at radius 3 is 2.13 bits per heavy atom. The van der Waals surface area contributed by atoms with Crippen LogP contribution in [0.4, 0.5) is 11.6 Å². The largest absolute Gasteiger partial charge is 0.341 e. The Balaban J connectivity index is 2.01. The number of hydrogen-bond donors (Lipinski definition) is 1. The average molecular weight is 534 g/mol. The molecule has 212 valence electrons. The molecule has 1 heterocycles. The highest BCUT2D eigenvalue weighted by Crippen LogP contribution is 2.31. The normalized spacial score (nSPS) is 12.1. The summed E-state index contributed by atoms with van der Waals surface area (Å²) in [5, 5.41) is 3.46. The molecule has 0 radical (unpaired) electrons. The van der Waals surface area contributed by atoms with Gasteiger partial charge in [-0.05, 0) is 102 Å². The van der Waals surface area contributed by atoms with Gasteiger partial charge in [0.05, 0.1) is 16.4 Å². The number of aromatic nitrogens is 2. The number of aryl methyl sites for hydroxylation is 1. The molecule has 3 rings (SSSR count). The molecule has 1 N–H and O–H groups in total. The van der Waals surface area contributed by atoms with Crippen molar-refractivity contribution in [1.82, 2.24) is 19.4 Å². The maximum Gasteiger partial charge on any atom is 0.232 e. The molecule has 1 aromatic heterocycles. The molecule has 0 bridgehead atoms. The molecule has 0 saturated carbocycles. The van der Waals surface area contributed by atoms with Crippen molar-refractivity contribution in [2.45, 2.75) is 66.8 Å². The van der Waals surface area contributed by atoms with Crippen LogP contribution in [0, 0.1) is 11.8 Å². The Morgan fingerprint density at radius 2 is 1.59 bits per heavy atom. The molecule has 0 spiro atoms. The summed E-state index contributed by atoms with van der Waals surface area (Å²) in [5.41, 5.74) is 3.76. The zero-order valence-corrected chi connectivity index (χ0v) is 25.3. The van der Waals surface area contributed by atoms with E-state index in [1.807, 2.05) is 55.1 Å². The minimum absolute atomic E-state index is 0.0440. The van der Waals surface area contributed by atoms with Gasteiger partial charge in [-0.25, -0.2) is 4.98 Å². The van der Waals surface area contributed by atoms with E-state index in [-0.39, 0.29) is 11.7 Å². The zero-order chi connectivity index (χ0) is 28.9. The van der Waals surface area contributed by atoms with E-state index in [9.17, 15) is 9.59 Å². The molecule has 0 aliphatic rings. The van der Waals surface area contributed by atoms with E-state index in [0.717, 1.165) is 60.8 Å². The highest BCUT2D eigenvalue weighted by atomic mass is 16.2. The number of anilines is 2. The van der Waals surface area contributed by atoms with Gasteiger partial charge in [-0.1, -0.05) is 33.8 Å². The molecule has 39 heavy (non-hydrogen) atoms. The topological polar surface area (TPSA) is 70.5 Å². The first-order valence-corrected chi connectivity index (χ1v) is 14.1. The first-order chi connectivity index (χ1) is 18.3. The zero-order valence-electron chi connectivity index (χ0n) is 25.3. The lowest BCUT2D eigenvalue weighted by molar-refractivity contribution is -0.137. The van der Waals surface area contributed by atoms with Crippen LogP contribution >= 0.6 is 0 Å². The standard InChI is InChI=1S/C32H47N5O2/c1-22(2)20-36(21-23(3)4)30(39)32(6,7)26-13-16-28-29(19-26)37(18-10-17-35(8)9)31(34-28)33-27-14-11-25(12-15-27)24(5)38/h11-16,19,22-23H,10,17-18,20-21H2,1-9H3,(H,33,34). The summed E-state index contributed by atoms with van der Waals surface area (Å²) in [6.45, 7) is 17.5. The Hall–Kier alpha value is -3.19. The third-order valence-electron chi connectivity index (χ3n) is 7.00. The van der Waals surface area contributed by atoms with Gasteiger partial charge in [-0.15, -0.1) is 0 Å². The van der Waals surface area contributed by atoms with Crippen molar-refractivity contribution in [3.63, 3.8) is 0 Å². The van der Waals surface area contributed by atoms with Crippen molar-refractivity contribution in [2.75, 3.05) is 39.0 Å². The first kappa shape index (κ1) is 30.4. The van der Waals surface area contributed by atoms with Crippen molar-refractivity contribution in [3.8, 4) is 0 Å². The molecule has 0 aliphatic carbocycles. The molecule has 0 fully saturated rings. The van der Waals surface area contributed by atoms with Crippen molar-refractivity contribution in [1.29, 1.82) is 0 Å². The molecule has 1 amide bonds. The number of benzene rings is 2. The minimum atomic E-state index is -0.674. The quantitative estimate of drug-likeness (QED) is 0.259. The van der Waals surface area contributed by atoms with Gasteiger partial charge in [0.1, 0.15) is 0 Å². The summed E-state index contributed by atoms with van der Waals surface area (Å²) < 4.78 is 2.21. The number of carbonyl (C=O) groups excluding carboxylic acids is 2. The van der Waals surface area contributed by atoms with Crippen LogP contribution in [0.1, 0.15) is 70.8 Å². The van der Waals surface area contributed by atoms with Gasteiger partial charge in [0.25, 0.3) is 0 Å². The Morgan fingerprint density at radius 1 is 0.974 bits per heavy atom. The minimum Gasteiger partial charge on any atom is -0.341 e. The van der Waals surface area contributed by atoms with Gasteiger partial charge in [0.15, 0.2) is 5.78 Å². The van der Waals surface area contributed by atoms with Gasteiger partial charge in [0.2, 0.25) is 11.9 Å². The molecular weight excluding hydrogens is 486 g/mol. The average Bonchev–Trinajstić information content (AvgIpc) is 3.18.